The van der Waals surface area contributed by atoms with Crippen LogP contribution in [-0.2, 0) is 89.6 Å². The first kappa shape index (κ1) is 49.6. The molecule has 22 heavy (non-hydrogen) atoms. The summed E-state index contributed by atoms with van der Waals surface area (Å²) >= 11 is 34.6. The molecule has 0 saturated heterocycles. The fourth-order valence-corrected chi connectivity index (χ4v) is 0. The molecule has 0 aliphatic rings. The van der Waals surface area contributed by atoms with Crippen molar-refractivity contribution in [2.24, 2.45) is 22.9 Å². The second-order valence-corrected chi connectivity index (χ2v) is 5.83. The quantitative estimate of drug-likeness (QED) is 0.132. The predicted octanol–water partition coefficient (Wildman–Crippen LogP) is 1.04. The molecule has 0 aromatic rings. The molecule has 0 spiro atoms. The molecule has 0 rings (SSSR count). The molecule has 0 amide bonds. The van der Waals surface area contributed by atoms with Crippen molar-refractivity contribution in [2.45, 2.75) is 6.92 Å². The van der Waals surface area contributed by atoms with Gasteiger partial charge in [-0.2, -0.15) is 6.92 Å². The molecule has 0 aromatic carbocycles. The van der Waals surface area contributed by atoms with E-state index in [4.69, 9.17) is 0 Å². The Bertz CT molecular complexity index is 192. The zero-order chi connectivity index (χ0) is 18.3. The van der Waals surface area contributed by atoms with E-state index in [-0.39, 0.29) is 45.8 Å². The number of rotatable bonds is 0. The van der Waals surface area contributed by atoms with Crippen LogP contribution in [0.15, 0.2) is 0 Å². The van der Waals surface area contributed by atoms with E-state index in [1.54, 1.807) is 6.92 Å². The van der Waals surface area contributed by atoms with Crippen molar-refractivity contribution in [1.82, 2.24) is 0 Å². The zero-order valence-corrected chi connectivity index (χ0v) is 22.9. The molecule has 0 heterocycles. The van der Waals surface area contributed by atoms with E-state index >= 15 is 0 Å². The van der Waals surface area contributed by atoms with Crippen LogP contribution in [0.2, 0.25) is 0 Å². The molecule has 0 aliphatic heterocycles. The van der Waals surface area contributed by atoms with Crippen LogP contribution in [0.25, 0.3) is 0 Å². The third-order valence-electron chi connectivity index (χ3n) is 0. The normalized spacial score (nSPS) is 4.82. The van der Waals surface area contributed by atoms with Gasteiger partial charge in [0, 0.05) is 0 Å². The Labute approximate surface area is 207 Å². The maximum atomic E-state index is 4.66. The zero-order valence-electron chi connectivity index (χ0n) is 11.5. The monoisotopic (exact) mass is 640 g/mol. The van der Waals surface area contributed by atoms with Gasteiger partial charge in [-0.15, -0.1) is 0 Å². The van der Waals surface area contributed by atoms with Gasteiger partial charge in [-0.3, -0.25) is 0 Å². The van der Waals surface area contributed by atoms with Crippen molar-refractivity contribution < 1.29 is 39.1 Å². The van der Waals surface area contributed by atoms with Gasteiger partial charge in [-0.1, -0.05) is 17.3 Å². The third kappa shape index (κ3) is 2350. The van der Waals surface area contributed by atoms with E-state index in [0.29, 0.717) is 0 Å². The molecule has 0 aliphatic carbocycles. The average Bonchev–Trinajstić information content (AvgIpc) is 2.19. The van der Waals surface area contributed by atoms with Crippen LogP contribution in [0, 0.1) is 14.4 Å². The predicted molar refractivity (Wildman–Crippen MR) is 122 cm³/mol. The van der Waals surface area contributed by atoms with Crippen LogP contribution in [0.5, 0.6) is 0 Å². The first-order valence-corrected chi connectivity index (χ1v) is 9.72. The van der Waals surface area contributed by atoms with Crippen molar-refractivity contribution in [3.8, 4) is 0 Å². The topological polar surface area (TPSA) is 104 Å². The van der Waals surface area contributed by atoms with E-state index in [1.165, 1.54) is 18.0 Å². The van der Waals surface area contributed by atoms with Crippen molar-refractivity contribution in [3.63, 3.8) is 0 Å². The van der Waals surface area contributed by atoms with Gasteiger partial charge in [0.25, 0.3) is 0 Å². The summed E-state index contributed by atoms with van der Waals surface area (Å²) in [6.07, 6.45) is 0. The third-order valence-corrected chi connectivity index (χ3v) is 0. The average molecular weight is 637 g/mol. The van der Waals surface area contributed by atoms with E-state index < -0.39 is 0 Å². The molecule has 0 unspecified atom stereocenters. The Morgan fingerprint density at radius 2 is 0.682 bits per heavy atom. The number of hydrogen-bond donors (Lipinski definition) is 4. The summed E-state index contributed by atoms with van der Waals surface area (Å²) in [4.78, 5) is 0. The minimum atomic E-state index is 0. The molecular weight excluding hydrogens is 621 g/mol. The number of hydrogen-bond acceptors (Lipinski definition) is 9. The standard InChI is InChI=1S/C2H5.4CH3NS2.CH3.2Mo.S/c1-2;4*2-1(3)4;;;;/h1H2,2H3;4*(H3,2,3,4);1H3;;;/q-1;;;;;-1;;+4;/p-4. The molecule has 15 heteroatoms. The molecule has 4 nitrogen and oxygen atoms in total. The van der Waals surface area contributed by atoms with Gasteiger partial charge in [0.2, 0.25) is 0 Å². The summed E-state index contributed by atoms with van der Waals surface area (Å²) in [7, 11) is 4.09. The van der Waals surface area contributed by atoms with Crippen molar-refractivity contribution in [2.75, 3.05) is 0 Å². The number of thiocarbonyl (C=S) groups is 4. The SMILES string of the molecule is NC(=S)[S-].NC(=S)[S-].NC(=S)[S-].NC(=S)[S-].[CH2-]C.[CH3-].[Mo+4].[S]=[Mo]. The van der Waals surface area contributed by atoms with Crippen molar-refractivity contribution >= 4 is 126 Å². The van der Waals surface area contributed by atoms with Crippen LogP contribution in [0.4, 0.5) is 0 Å². The van der Waals surface area contributed by atoms with Gasteiger partial charge in [-0.05, 0) is 0 Å². The van der Waals surface area contributed by atoms with Gasteiger partial charge < -0.3 is 137 Å². The molecule has 132 valence electrons. The molecule has 0 saturated carbocycles. The molecule has 0 fully saturated rings. The van der Waals surface area contributed by atoms with Gasteiger partial charge in [0.1, 0.15) is 0 Å². The van der Waals surface area contributed by atoms with Crippen LogP contribution in [0.3, 0.4) is 0 Å². The summed E-state index contributed by atoms with van der Waals surface area (Å²) in [5.41, 5.74) is 18.6. The molecule has 0 bridgehead atoms. The van der Waals surface area contributed by atoms with Crippen LogP contribution >= 0.6 is 58.7 Å². The van der Waals surface area contributed by atoms with E-state index in [1.807, 2.05) is 0 Å². The van der Waals surface area contributed by atoms with Crippen molar-refractivity contribution in [3.05, 3.63) is 14.4 Å². The van der Waals surface area contributed by atoms with E-state index in [0.717, 1.165) is 0 Å². The summed E-state index contributed by atoms with van der Waals surface area (Å²) in [6.45, 7) is 5.00. The second kappa shape index (κ2) is 56.8. The summed E-state index contributed by atoms with van der Waals surface area (Å²) in [5, 5.41) is 0. The van der Waals surface area contributed by atoms with Crippen molar-refractivity contribution in [1.29, 1.82) is 0 Å². The summed E-state index contributed by atoms with van der Waals surface area (Å²) < 4.78 is 0.333. The second-order valence-electron chi connectivity index (χ2n) is 1.28. The summed E-state index contributed by atoms with van der Waals surface area (Å²) in [5.74, 6) is 0. The van der Waals surface area contributed by atoms with Gasteiger partial charge in [0.05, 0.1) is 0 Å². The fourth-order valence-electron chi connectivity index (χ4n) is 0. The molecule has 8 N–H and O–H groups in total. The van der Waals surface area contributed by atoms with Crippen LogP contribution in [0.1, 0.15) is 6.92 Å². The van der Waals surface area contributed by atoms with Gasteiger partial charge >= 0.3 is 48.9 Å². The van der Waals surface area contributed by atoms with Crippen LogP contribution < -0.4 is 22.9 Å². The first-order chi connectivity index (χ1) is 8.93. The molecular formula is C7H16Mo2N4S9-2. The minimum absolute atomic E-state index is 0. The number of nitrogens with two attached hydrogens (primary N) is 4. The summed E-state index contributed by atoms with van der Waals surface area (Å²) in [6, 6.07) is 0. The Kier molecular flexibility index (Phi) is 128. The Morgan fingerprint density at radius 1 is 0.682 bits per heavy atom. The first-order valence-electron chi connectivity index (χ1n) is 3.66. The van der Waals surface area contributed by atoms with E-state index in [2.05, 4.69) is 139 Å². The molecule has 0 atom stereocenters. The van der Waals surface area contributed by atoms with Gasteiger partial charge in [-0.25, -0.2) is 0 Å². The molecule has 0 radical (unpaired) electrons. The van der Waals surface area contributed by atoms with E-state index in [9.17, 15) is 0 Å². The Balaban J connectivity index is -0.0000000179. The molecule has 0 aromatic heterocycles. The van der Waals surface area contributed by atoms with Crippen LogP contribution in [-0.4, -0.2) is 17.3 Å². The van der Waals surface area contributed by atoms with Gasteiger partial charge in [0.15, 0.2) is 0 Å². The Hall–Kier alpha value is 2.04. The Morgan fingerprint density at radius 3 is 0.682 bits per heavy atom. The fraction of sp³-hybridized carbons (Fsp3) is 0.143. The maximum absolute atomic E-state index is 4.66.